The monoisotopic (exact) mass is 351 g/mol. The number of esters is 1. The second kappa shape index (κ2) is 8.11. The lowest BCUT2D eigenvalue weighted by atomic mass is 9.96. The maximum Gasteiger partial charge on any atom is 0.328 e. The highest BCUT2D eigenvalue weighted by atomic mass is 35.6. The van der Waals surface area contributed by atoms with Gasteiger partial charge in [-0.3, -0.25) is 0 Å². The molecule has 0 saturated carbocycles. The molecule has 0 saturated heterocycles. The standard InChI is InChI=1S/C15H20Cl3NO2/c1-4-10(2)12-7-5-6-8-13(12)19-11(3)14(20)21-9-15(16,17)18/h5-8,10-11,19H,4,9H2,1-3H3/t10?,11-/m0/s1. The Morgan fingerprint density at radius 3 is 2.48 bits per heavy atom. The molecule has 0 spiro atoms. The van der Waals surface area contributed by atoms with Crippen LogP contribution in [0.5, 0.6) is 0 Å². The number of carbonyl (C=O) groups excluding carboxylic acids is 1. The maximum atomic E-state index is 11.9. The van der Waals surface area contributed by atoms with Crippen molar-refractivity contribution in [2.75, 3.05) is 11.9 Å². The first-order valence-corrected chi connectivity index (χ1v) is 7.96. The zero-order valence-corrected chi connectivity index (χ0v) is 14.6. The van der Waals surface area contributed by atoms with Crippen LogP contribution in [0.15, 0.2) is 24.3 Å². The van der Waals surface area contributed by atoms with Gasteiger partial charge in [-0.25, -0.2) is 4.79 Å². The van der Waals surface area contributed by atoms with Gasteiger partial charge in [-0.1, -0.05) is 66.8 Å². The molecule has 0 aliphatic rings. The van der Waals surface area contributed by atoms with E-state index >= 15 is 0 Å². The van der Waals surface area contributed by atoms with E-state index in [1.807, 2.05) is 18.2 Å². The van der Waals surface area contributed by atoms with Crippen molar-refractivity contribution in [3.8, 4) is 0 Å². The largest absolute Gasteiger partial charge is 0.460 e. The summed E-state index contributed by atoms with van der Waals surface area (Å²) >= 11 is 16.7. The van der Waals surface area contributed by atoms with Crippen molar-refractivity contribution in [1.29, 1.82) is 0 Å². The molecule has 1 unspecified atom stereocenters. The number of halogens is 3. The van der Waals surface area contributed by atoms with Gasteiger partial charge in [0.15, 0.2) is 0 Å². The summed E-state index contributed by atoms with van der Waals surface area (Å²) < 4.78 is 3.38. The highest BCUT2D eigenvalue weighted by Gasteiger charge is 2.24. The van der Waals surface area contributed by atoms with Gasteiger partial charge in [-0.05, 0) is 30.9 Å². The number of para-hydroxylation sites is 1. The fourth-order valence-corrected chi connectivity index (χ4v) is 2.01. The molecule has 0 heterocycles. The first-order chi connectivity index (χ1) is 9.74. The number of ether oxygens (including phenoxy) is 1. The zero-order chi connectivity index (χ0) is 16.0. The number of hydrogen-bond donors (Lipinski definition) is 1. The molecule has 118 valence electrons. The molecular formula is C15H20Cl3NO2. The normalized spacial score (nSPS) is 14.4. The third-order valence-electron chi connectivity index (χ3n) is 3.21. The fourth-order valence-electron chi connectivity index (χ4n) is 1.85. The van der Waals surface area contributed by atoms with Gasteiger partial charge in [0.2, 0.25) is 3.79 Å². The van der Waals surface area contributed by atoms with Crippen molar-refractivity contribution in [2.45, 2.75) is 42.9 Å². The molecule has 2 atom stereocenters. The summed E-state index contributed by atoms with van der Waals surface area (Å²) in [7, 11) is 0. The summed E-state index contributed by atoms with van der Waals surface area (Å²) in [4.78, 5) is 11.9. The van der Waals surface area contributed by atoms with Gasteiger partial charge >= 0.3 is 5.97 Å². The smallest absolute Gasteiger partial charge is 0.328 e. The molecule has 0 fully saturated rings. The van der Waals surface area contributed by atoms with E-state index in [0.29, 0.717) is 5.92 Å². The first kappa shape index (κ1) is 18.4. The van der Waals surface area contributed by atoms with E-state index in [1.54, 1.807) is 6.92 Å². The van der Waals surface area contributed by atoms with Gasteiger partial charge in [0.05, 0.1) is 0 Å². The number of benzene rings is 1. The Morgan fingerprint density at radius 2 is 1.90 bits per heavy atom. The second-order valence-electron chi connectivity index (χ2n) is 4.99. The summed E-state index contributed by atoms with van der Waals surface area (Å²) in [6, 6.07) is 7.38. The number of nitrogens with one attached hydrogen (secondary N) is 1. The van der Waals surface area contributed by atoms with Crippen LogP contribution < -0.4 is 5.32 Å². The number of rotatable bonds is 6. The summed E-state index contributed by atoms with van der Waals surface area (Å²) in [5.41, 5.74) is 2.09. The SMILES string of the molecule is CCC(C)c1ccccc1N[C@@H](C)C(=O)OCC(Cl)(Cl)Cl. The predicted molar refractivity (Wildman–Crippen MR) is 89.5 cm³/mol. The molecule has 1 N–H and O–H groups in total. The molecule has 1 aromatic carbocycles. The number of alkyl halides is 3. The third kappa shape index (κ3) is 6.33. The molecule has 0 aliphatic carbocycles. The number of hydrogen-bond acceptors (Lipinski definition) is 3. The van der Waals surface area contributed by atoms with Crippen molar-refractivity contribution in [3.05, 3.63) is 29.8 Å². The average Bonchev–Trinajstić information content (AvgIpc) is 2.43. The van der Waals surface area contributed by atoms with E-state index in [0.717, 1.165) is 12.1 Å². The molecular weight excluding hydrogens is 333 g/mol. The van der Waals surface area contributed by atoms with Gasteiger partial charge in [-0.2, -0.15) is 0 Å². The highest BCUT2D eigenvalue weighted by molar-refractivity contribution is 6.67. The van der Waals surface area contributed by atoms with Gasteiger partial charge < -0.3 is 10.1 Å². The maximum absolute atomic E-state index is 11.9. The van der Waals surface area contributed by atoms with E-state index < -0.39 is 15.8 Å². The summed E-state index contributed by atoms with van der Waals surface area (Å²) in [6.45, 7) is 5.72. The lowest BCUT2D eigenvalue weighted by Crippen LogP contribution is -2.31. The van der Waals surface area contributed by atoms with E-state index in [1.165, 1.54) is 5.56 Å². The summed E-state index contributed by atoms with van der Waals surface area (Å²) in [5.74, 6) is -0.0571. The first-order valence-electron chi connectivity index (χ1n) is 6.83. The molecule has 0 amide bonds. The van der Waals surface area contributed by atoms with Crippen LogP contribution >= 0.6 is 34.8 Å². The van der Waals surface area contributed by atoms with Crippen LogP contribution in [0.25, 0.3) is 0 Å². The molecule has 0 aromatic heterocycles. The molecule has 21 heavy (non-hydrogen) atoms. The predicted octanol–water partition coefficient (Wildman–Crippen LogP) is 4.91. The molecule has 1 rings (SSSR count). The molecule has 0 radical (unpaired) electrons. The van der Waals surface area contributed by atoms with Gasteiger partial charge in [0.1, 0.15) is 12.6 Å². The summed E-state index contributed by atoms with van der Waals surface area (Å²) in [5, 5.41) is 3.16. The van der Waals surface area contributed by atoms with Gasteiger partial charge in [0.25, 0.3) is 0 Å². The molecule has 1 aromatic rings. The minimum absolute atomic E-state index is 0.268. The van der Waals surface area contributed by atoms with E-state index in [4.69, 9.17) is 39.5 Å². The Hall–Kier alpha value is -0.640. The lowest BCUT2D eigenvalue weighted by molar-refractivity contribution is -0.144. The van der Waals surface area contributed by atoms with Crippen molar-refractivity contribution < 1.29 is 9.53 Å². The van der Waals surface area contributed by atoms with Crippen molar-refractivity contribution in [1.82, 2.24) is 0 Å². The minimum atomic E-state index is -1.59. The Kier molecular flexibility index (Phi) is 7.11. The molecule has 3 nitrogen and oxygen atoms in total. The minimum Gasteiger partial charge on any atom is -0.460 e. The van der Waals surface area contributed by atoms with Crippen LogP contribution in [0, 0.1) is 0 Å². The van der Waals surface area contributed by atoms with Crippen LogP contribution in [-0.4, -0.2) is 22.4 Å². The quantitative estimate of drug-likeness (QED) is 0.583. The Labute approximate surface area is 140 Å². The van der Waals surface area contributed by atoms with E-state index in [-0.39, 0.29) is 6.61 Å². The average molecular weight is 353 g/mol. The zero-order valence-electron chi connectivity index (χ0n) is 12.3. The van der Waals surface area contributed by atoms with Gasteiger partial charge in [0, 0.05) is 5.69 Å². The van der Waals surface area contributed by atoms with Crippen molar-refractivity contribution in [2.24, 2.45) is 0 Å². The molecule has 0 bridgehead atoms. The van der Waals surface area contributed by atoms with Crippen LogP contribution in [0.3, 0.4) is 0 Å². The van der Waals surface area contributed by atoms with Crippen LogP contribution in [0.4, 0.5) is 5.69 Å². The Balaban J connectivity index is 2.70. The van der Waals surface area contributed by atoms with Crippen LogP contribution in [0.2, 0.25) is 0 Å². The highest BCUT2D eigenvalue weighted by Crippen LogP contribution is 2.28. The Bertz CT molecular complexity index is 474. The van der Waals surface area contributed by atoms with Crippen LogP contribution in [-0.2, 0) is 9.53 Å². The fraction of sp³-hybridized carbons (Fsp3) is 0.533. The Morgan fingerprint density at radius 1 is 1.29 bits per heavy atom. The number of carbonyl (C=O) groups is 1. The van der Waals surface area contributed by atoms with Crippen molar-refractivity contribution in [3.63, 3.8) is 0 Å². The van der Waals surface area contributed by atoms with Crippen molar-refractivity contribution >= 4 is 46.5 Å². The summed E-state index contributed by atoms with van der Waals surface area (Å²) in [6.07, 6.45) is 1.02. The molecule has 0 aliphatic heterocycles. The molecule has 6 heteroatoms. The van der Waals surface area contributed by atoms with E-state index in [2.05, 4.69) is 25.2 Å². The van der Waals surface area contributed by atoms with Gasteiger partial charge in [-0.15, -0.1) is 0 Å². The third-order valence-corrected chi connectivity index (χ3v) is 3.54. The van der Waals surface area contributed by atoms with Crippen LogP contribution in [0.1, 0.15) is 38.7 Å². The second-order valence-corrected chi connectivity index (χ2v) is 7.50. The topological polar surface area (TPSA) is 38.3 Å². The lowest BCUT2D eigenvalue weighted by Gasteiger charge is -2.20. The van der Waals surface area contributed by atoms with E-state index in [9.17, 15) is 4.79 Å². The number of anilines is 1.